The highest BCUT2D eigenvalue weighted by molar-refractivity contribution is 7.18. The van der Waals surface area contributed by atoms with Crippen LogP contribution in [-0.2, 0) is 0 Å². The number of carbonyl (C=O) groups is 1. The van der Waals surface area contributed by atoms with Crippen LogP contribution in [0.15, 0.2) is 0 Å². The number of nitrogens with zero attached hydrogens (tertiary/aromatic N) is 3. The molecule has 1 fully saturated rings. The van der Waals surface area contributed by atoms with Crippen LogP contribution in [0.5, 0.6) is 0 Å². The Hall–Kier alpha value is -1.30. The minimum absolute atomic E-state index is 0.00246. The molecule has 0 aromatic carbocycles. The van der Waals surface area contributed by atoms with Gasteiger partial charge in [-0.25, -0.2) is 4.98 Å². The number of nitrogen functional groups attached to an aromatic ring is 1. The molecule has 1 amide bonds. The lowest BCUT2D eigenvalue weighted by molar-refractivity contribution is 0.0779. The second-order valence-electron chi connectivity index (χ2n) is 5.56. The molecule has 1 aliphatic carbocycles. The summed E-state index contributed by atoms with van der Waals surface area (Å²) in [6.45, 7) is 3.72. The van der Waals surface area contributed by atoms with Gasteiger partial charge in [-0.1, -0.05) is 24.2 Å². The van der Waals surface area contributed by atoms with Crippen LogP contribution in [0, 0.1) is 5.92 Å². The van der Waals surface area contributed by atoms with Crippen molar-refractivity contribution in [2.24, 2.45) is 5.92 Å². The molecule has 1 aliphatic rings. The molecule has 0 saturated heterocycles. The van der Waals surface area contributed by atoms with E-state index in [1.54, 1.807) is 4.90 Å². The molecule has 1 heterocycles. The van der Waals surface area contributed by atoms with Crippen LogP contribution in [-0.4, -0.2) is 43.0 Å². The van der Waals surface area contributed by atoms with Gasteiger partial charge in [0.15, 0.2) is 5.13 Å². The first-order valence-corrected chi connectivity index (χ1v) is 8.07. The van der Waals surface area contributed by atoms with E-state index in [1.807, 2.05) is 25.9 Å². The van der Waals surface area contributed by atoms with Gasteiger partial charge >= 0.3 is 0 Å². The molecule has 5 nitrogen and oxygen atoms in total. The molecule has 112 valence electrons. The molecule has 6 heteroatoms. The maximum absolute atomic E-state index is 12.5. The molecule has 2 rings (SSSR count). The Morgan fingerprint density at radius 1 is 1.40 bits per heavy atom. The van der Waals surface area contributed by atoms with Crippen molar-refractivity contribution >= 4 is 28.2 Å². The SMILES string of the molecule is CCN(C)c1nc(N)c(C(=O)N(C)CC2CCCC2)s1. The number of thiazole rings is 1. The molecular weight excluding hydrogens is 272 g/mol. The maximum Gasteiger partial charge on any atom is 0.267 e. The number of aromatic nitrogens is 1. The Bertz CT molecular complexity index is 468. The van der Waals surface area contributed by atoms with Crippen molar-refractivity contribution in [1.29, 1.82) is 0 Å². The van der Waals surface area contributed by atoms with E-state index in [4.69, 9.17) is 5.73 Å². The van der Waals surface area contributed by atoms with Crippen molar-refractivity contribution in [1.82, 2.24) is 9.88 Å². The summed E-state index contributed by atoms with van der Waals surface area (Å²) in [6.07, 6.45) is 5.06. The van der Waals surface area contributed by atoms with Gasteiger partial charge < -0.3 is 15.5 Å². The summed E-state index contributed by atoms with van der Waals surface area (Å²) < 4.78 is 0. The second kappa shape index (κ2) is 6.43. The van der Waals surface area contributed by atoms with Gasteiger partial charge in [-0.2, -0.15) is 0 Å². The Morgan fingerprint density at radius 2 is 2.05 bits per heavy atom. The van der Waals surface area contributed by atoms with Crippen molar-refractivity contribution in [3.8, 4) is 0 Å². The highest BCUT2D eigenvalue weighted by atomic mass is 32.1. The third-order valence-electron chi connectivity index (χ3n) is 3.99. The fraction of sp³-hybridized carbons (Fsp3) is 0.714. The molecule has 1 saturated carbocycles. The predicted octanol–water partition coefficient (Wildman–Crippen LogP) is 2.44. The minimum Gasteiger partial charge on any atom is -0.382 e. The minimum atomic E-state index is 0.00246. The average molecular weight is 296 g/mol. The third-order valence-corrected chi connectivity index (χ3v) is 5.16. The molecule has 0 unspecified atom stereocenters. The van der Waals surface area contributed by atoms with Crippen molar-refractivity contribution in [3.63, 3.8) is 0 Å². The Morgan fingerprint density at radius 3 is 2.65 bits per heavy atom. The molecular formula is C14H24N4OS. The van der Waals surface area contributed by atoms with Gasteiger partial charge in [0.1, 0.15) is 10.7 Å². The van der Waals surface area contributed by atoms with E-state index in [9.17, 15) is 4.79 Å². The lowest BCUT2D eigenvalue weighted by Gasteiger charge is -2.20. The highest BCUT2D eigenvalue weighted by Gasteiger charge is 2.24. The van der Waals surface area contributed by atoms with Gasteiger partial charge in [0.2, 0.25) is 0 Å². The zero-order valence-electron chi connectivity index (χ0n) is 12.6. The van der Waals surface area contributed by atoms with Crippen LogP contribution in [0.1, 0.15) is 42.3 Å². The topological polar surface area (TPSA) is 62.5 Å². The summed E-state index contributed by atoms with van der Waals surface area (Å²) in [5, 5.41) is 0.808. The van der Waals surface area contributed by atoms with Crippen LogP contribution in [0.3, 0.4) is 0 Å². The van der Waals surface area contributed by atoms with E-state index in [2.05, 4.69) is 4.98 Å². The first-order valence-electron chi connectivity index (χ1n) is 7.25. The molecule has 0 radical (unpaired) electrons. The summed E-state index contributed by atoms with van der Waals surface area (Å²) in [7, 11) is 3.82. The maximum atomic E-state index is 12.5. The van der Waals surface area contributed by atoms with Crippen molar-refractivity contribution < 1.29 is 4.79 Å². The zero-order valence-corrected chi connectivity index (χ0v) is 13.4. The van der Waals surface area contributed by atoms with Crippen LogP contribution in [0.25, 0.3) is 0 Å². The Labute approximate surface area is 124 Å². The molecule has 0 aliphatic heterocycles. The van der Waals surface area contributed by atoms with Gasteiger partial charge in [0.05, 0.1) is 0 Å². The smallest absolute Gasteiger partial charge is 0.267 e. The standard InChI is InChI=1S/C14H24N4OS/c1-4-17(2)14-16-12(15)11(20-14)13(19)18(3)9-10-7-5-6-8-10/h10H,4-9,15H2,1-3H3. The Kier molecular flexibility index (Phi) is 4.86. The van der Waals surface area contributed by atoms with Crippen molar-refractivity contribution in [2.45, 2.75) is 32.6 Å². The normalized spacial score (nSPS) is 15.6. The van der Waals surface area contributed by atoms with E-state index in [0.29, 0.717) is 16.6 Å². The largest absolute Gasteiger partial charge is 0.382 e. The van der Waals surface area contributed by atoms with Gasteiger partial charge in [0.25, 0.3) is 5.91 Å². The number of anilines is 2. The summed E-state index contributed by atoms with van der Waals surface area (Å²) in [5.74, 6) is 1.01. The lowest BCUT2D eigenvalue weighted by Crippen LogP contribution is -2.31. The van der Waals surface area contributed by atoms with E-state index < -0.39 is 0 Å². The van der Waals surface area contributed by atoms with Crippen molar-refractivity contribution in [2.75, 3.05) is 37.8 Å². The number of hydrogen-bond acceptors (Lipinski definition) is 5. The molecule has 20 heavy (non-hydrogen) atoms. The quantitative estimate of drug-likeness (QED) is 0.906. The van der Waals surface area contributed by atoms with Gasteiger partial charge in [-0.15, -0.1) is 0 Å². The first-order chi connectivity index (χ1) is 9.52. The van der Waals surface area contributed by atoms with Crippen LogP contribution in [0.2, 0.25) is 0 Å². The summed E-state index contributed by atoms with van der Waals surface area (Å²) in [6, 6.07) is 0. The molecule has 1 aromatic heterocycles. The molecule has 0 atom stereocenters. The predicted molar refractivity (Wildman–Crippen MR) is 84.4 cm³/mol. The Balaban J connectivity index is 2.05. The van der Waals surface area contributed by atoms with Crippen LogP contribution >= 0.6 is 11.3 Å². The first kappa shape index (κ1) is 15.1. The molecule has 1 aromatic rings. The van der Waals surface area contributed by atoms with Gasteiger partial charge in [-0.3, -0.25) is 4.79 Å². The number of hydrogen-bond donors (Lipinski definition) is 1. The zero-order chi connectivity index (χ0) is 14.7. The molecule has 2 N–H and O–H groups in total. The average Bonchev–Trinajstić information content (AvgIpc) is 3.06. The summed E-state index contributed by atoms with van der Waals surface area (Å²) in [5.41, 5.74) is 5.91. The van der Waals surface area contributed by atoms with Crippen molar-refractivity contribution in [3.05, 3.63) is 4.88 Å². The fourth-order valence-corrected chi connectivity index (χ4v) is 3.61. The van der Waals surface area contributed by atoms with E-state index in [1.165, 1.54) is 37.0 Å². The number of nitrogens with two attached hydrogens (primary N) is 1. The van der Waals surface area contributed by atoms with Gasteiger partial charge in [-0.05, 0) is 25.7 Å². The number of amides is 1. The number of carbonyl (C=O) groups excluding carboxylic acids is 1. The van der Waals surface area contributed by atoms with Crippen LogP contribution < -0.4 is 10.6 Å². The monoisotopic (exact) mass is 296 g/mol. The lowest BCUT2D eigenvalue weighted by atomic mass is 10.1. The summed E-state index contributed by atoms with van der Waals surface area (Å²) >= 11 is 1.39. The van der Waals surface area contributed by atoms with E-state index in [0.717, 1.165) is 18.2 Å². The summed E-state index contributed by atoms with van der Waals surface area (Å²) in [4.78, 5) is 21.1. The second-order valence-corrected chi connectivity index (χ2v) is 6.54. The van der Waals surface area contributed by atoms with E-state index >= 15 is 0 Å². The number of rotatable bonds is 5. The third kappa shape index (κ3) is 3.23. The molecule has 0 spiro atoms. The molecule has 0 bridgehead atoms. The van der Waals surface area contributed by atoms with E-state index in [-0.39, 0.29) is 5.91 Å². The van der Waals surface area contributed by atoms with Crippen LogP contribution in [0.4, 0.5) is 10.9 Å². The fourth-order valence-electron chi connectivity index (χ4n) is 2.61. The highest BCUT2D eigenvalue weighted by Crippen LogP contribution is 2.30. The van der Waals surface area contributed by atoms with Gasteiger partial charge in [0, 0.05) is 27.2 Å².